The van der Waals surface area contributed by atoms with Gasteiger partial charge in [-0.25, -0.2) is 9.55 Å². The summed E-state index contributed by atoms with van der Waals surface area (Å²) in [5.41, 5.74) is 10.8. The van der Waals surface area contributed by atoms with Crippen LogP contribution in [0.5, 0.6) is 0 Å². The molecule has 4 aromatic carbocycles. The van der Waals surface area contributed by atoms with Crippen LogP contribution in [0.15, 0.2) is 83.5 Å². The zero-order valence-corrected chi connectivity index (χ0v) is 24.9. The number of aromatic nitrogens is 4. The van der Waals surface area contributed by atoms with Crippen molar-refractivity contribution in [2.45, 2.75) is 52.8 Å². The lowest BCUT2D eigenvalue weighted by molar-refractivity contribution is -0.659. The van der Waals surface area contributed by atoms with Gasteiger partial charge in [0, 0.05) is 31.1 Å². The second-order valence-electron chi connectivity index (χ2n) is 12.0. The van der Waals surface area contributed by atoms with Gasteiger partial charge in [-0.1, -0.05) is 64.1 Å². The van der Waals surface area contributed by atoms with Gasteiger partial charge < -0.3 is 4.42 Å². The average molecular weight is 554 g/mol. The Bertz CT molecular complexity index is 2310. The van der Waals surface area contributed by atoms with Crippen LogP contribution in [0.3, 0.4) is 0 Å². The average Bonchev–Trinajstić information content (AvgIpc) is 3.71. The summed E-state index contributed by atoms with van der Waals surface area (Å²) in [7, 11) is 2.07. The van der Waals surface area contributed by atoms with E-state index in [0.29, 0.717) is 5.58 Å². The van der Waals surface area contributed by atoms with E-state index in [-0.39, 0.29) is 0 Å². The van der Waals surface area contributed by atoms with Crippen molar-refractivity contribution >= 4 is 33.0 Å². The van der Waals surface area contributed by atoms with Gasteiger partial charge in [0.1, 0.15) is 35.1 Å². The van der Waals surface area contributed by atoms with Crippen molar-refractivity contribution in [2.24, 2.45) is 7.05 Å². The van der Waals surface area contributed by atoms with Crippen LogP contribution >= 0.6 is 0 Å². The summed E-state index contributed by atoms with van der Waals surface area (Å²) in [6.45, 7) is 9.85. The largest absolute Gasteiger partial charge is 0.456 e. The van der Waals surface area contributed by atoms with E-state index >= 15 is 0 Å². The number of nitrogens with zero attached hydrogens (tertiary/aromatic N) is 4. The van der Waals surface area contributed by atoms with Gasteiger partial charge in [0.15, 0.2) is 0 Å². The molecule has 4 heterocycles. The van der Waals surface area contributed by atoms with Gasteiger partial charge in [-0.05, 0) is 60.2 Å². The molecule has 0 amide bonds. The predicted molar refractivity (Wildman–Crippen MR) is 170 cm³/mol. The normalized spacial score (nSPS) is 14.0. The Balaban J connectivity index is 1.47. The third kappa shape index (κ3) is 3.37. The lowest BCUT2D eigenvalue weighted by Gasteiger charge is -2.19. The molecule has 0 unspecified atom stereocenters. The number of para-hydroxylation sites is 3. The van der Waals surface area contributed by atoms with Crippen molar-refractivity contribution in [3.05, 3.63) is 107 Å². The fourth-order valence-corrected chi connectivity index (χ4v) is 6.97. The molecule has 42 heavy (non-hydrogen) atoms. The second kappa shape index (κ2) is 8.93. The van der Waals surface area contributed by atoms with Crippen LogP contribution in [0.2, 0.25) is 0 Å². The highest BCUT2D eigenvalue weighted by molar-refractivity contribution is 6.07. The van der Waals surface area contributed by atoms with E-state index in [9.17, 15) is 2.74 Å². The van der Waals surface area contributed by atoms with Crippen LogP contribution in [-0.4, -0.2) is 14.1 Å². The molecule has 0 radical (unpaired) electrons. The third-order valence-electron chi connectivity index (χ3n) is 8.85. The van der Waals surface area contributed by atoms with Crippen LogP contribution in [0.4, 0.5) is 0 Å². The Labute approximate surface area is 248 Å². The third-order valence-corrected chi connectivity index (χ3v) is 8.85. The molecular weight excluding hydrogens is 516 g/mol. The molecule has 0 saturated carbocycles. The van der Waals surface area contributed by atoms with E-state index in [1.54, 1.807) is 0 Å². The molecule has 208 valence electrons. The van der Waals surface area contributed by atoms with Gasteiger partial charge in [-0.3, -0.25) is 4.57 Å². The molecule has 5 heteroatoms. The number of imidazole rings is 2. The zero-order chi connectivity index (χ0) is 30.7. The summed E-state index contributed by atoms with van der Waals surface area (Å²) < 4.78 is 32.0. The van der Waals surface area contributed by atoms with Gasteiger partial charge in [-0.2, -0.15) is 4.57 Å². The molecule has 7 aromatic rings. The van der Waals surface area contributed by atoms with Crippen molar-refractivity contribution in [2.75, 3.05) is 0 Å². The fourth-order valence-electron chi connectivity index (χ4n) is 6.97. The molecule has 1 aliphatic rings. The van der Waals surface area contributed by atoms with Crippen molar-refractivity contribution in [3.8, 4) is 22.8 Å². The van der Waals surface area contributed by atoms with Crippen molar-refractivity contribution in [1.82, 2.24) is 14.1 Å². The monoisotopic (exact) mass is 553 g/mol. The van der Waals surface area contributed by atoms with Crippen LogP contribution in [-0.2, 0) is 13.5 Å². The number of hydrogen-bond donors (Lipinski definition) is 0. The number of furan rings is 1. The minimum Gasteiger partial charge on any atom is -0.456 e. The first kappa shape index (κ1) is 23.0. The molecule has 0 spiro atoms. The Morgan fingerprint density at radius 3 is 2.55 bits per heavy atom. The maximum absolute atomic E-state index is 9.46. The topological polar surface area (TPSA) is 39.8 Å². The molecule has 0 aliphatic carbocycles. The van der Waals surface area contributed by atoms with Gasteiger partial charge in [0.25, 0.3) is 5.82 Å². The highest BCUT2D eigenvalue weighted by Gasteiger charge is 2.34. The summed E-state index contributed by atoms with van der Waals surface area (Å²) in [6.07, 6.45) is 4.87. The molecule has 0 saturated heterocycles. The molecular formula is C37H35N4O+. The molecule has 0 N–H and O–H groups in total. The van der Waals surface area contributed by atoms with Gasteiger partial charge in [0.2, 0.25) is 0 Å². The minimum absolute atomic E-state index is 0.707. The molecule has 1 aliphatic heterocycles. The van der Waals surface area contributed by atoms with Gasteiger partial charge >= 0.3 is 0 Å². The summed E-state index contributed by atoms with van der Waals surface area (Å²) >= 11 is 0. The Morgan fingerprint density at radius 1 is 0.952 bits per heavy atom. The van der Waals surface area contributed by atoms with E-state index in [4.69, 9.17) is 9.40 Å². The van der Waals surface area contributed by atoms with E-state index < -0.39 is 11.8 Å². The number of rotatable bonds is 4. The summed E-state index contributed by atoms with van der Waals surface area (Å²) in [5.74, 6) is 0.0773. The van der Waals surface area contributed by atoms with Crippen LogP contribution in [0, 0.1) is 6.92 Å². The highest BCUT2D eigenvalue weighted by atomic mass is 16.3. The first-order valence-electron chi connectivity index (χ1n) is 15.6. The van der Waals surface area contributed by atoms with Gasteiger partial charge in [0.05, 0.1) is 29.3 Å². The summed E-state index contributed by atoms with van der Waals surface area (Å²) in [6, 6.07) is 22.9. The minimum atomic E-state index is -1.02. The Hall–Kier alpha value is -4.64. The molecule has 8 rings (SSSR count). The SMILES string of the molecule is [2H]C(C)(C)c1cc2c(oc3ccccc32)c(C([2H])(C)C)c1-n1cc[n+](C)c1-c1c(C)ccc2c1Cc1nc3ccccc3n1-2. The van der Waals surface area contributed by atoms with E-state index in [1.165, 1.54) is 5.56 Å². The Kier molecular flexibility index (Phi) is 4.88. The van der Waals surface area contributed by atoms with Crippen molar-refractivity contribution < 1.29 is 11.7 Å². The first-order valence-corrected chi connectivity index (χ1v) is 14.6. The van der Waals surface area contributed by atoms with Gasteiger partial charge in [-0.15, -0.1) is 0 Å². The zero-order valence-electron chi connectivity index (χ0n) is 26.9. The summed E-state index contributed by atoms with van der Waals surface area (Å²) in [5, 5.41) is 1.95. The lowest BCUT2D eigenvalue weighted by Crippen LogP contribution is -2.30. The fraction of sp³-hybridized carbons (Fsp3) is 0.243. The highest BCUT2D eigenvalue weighted by Crippen LogP contribution is 2.44. The van der Waals surface area contributed by atoms with Crippen LogP contribution in [0.25, 0.3) is 55.7 Å². The van der Waals surface area contributed by atoms with E-state index in [1.807, 2.05) is 52.0 Å². The second-order valence-corrected chi connectivity index (χ2v) is 12.0. The molecule has 5 nitrogen and oxygen atoms in total. The van der Waals surface area contributed by atoms with Crippen LogP contribution < -0.4 is 4.57 Å². The number of benzene rings is 4. The standard InChI is InChI=1S/C37H35N4O/c1-21(2)25-19-26-24-11-7-10-14-31(24)42-36(26)33(22(3)4)35(25)40-18-17-39(6)37(40)34-23(5)15-16-29-27(34)20-32-38-28-12-8-9-13-30(28)41(29)32/h7-19,21-22H,20H2,1-6H3/q+1/i21D,22D. The first-order chi connectivity index (χ1) is 20.9. The number of aryl methyl sites for hydroxylation is 2. The van der Waals surface area contributed by atoms with Crippen LogP contribution in [0.1, 0.15) is 70.3 Å². The van der Waals surface area contributed by atoms with Crippen molar-refractivity contribution in [3.63, 3.8) is 0 Å². The summed E-state index contributed by atoms with van der Waals surface area (Å²) in [4.78, 5) is 5.00. The molecule has 0 fully saturated rings. The molecule has 3 aromatic heterocycles. The number of hydrogen-bond acceptors (Lipinski definition) is 2. The quantitative estimate of drug-likeness (QED) is 0.205. The lowest BCUT2D eigenvalue weighted by atomic mass is 9.89. The molecule has 0 bridgehead atoms. The number of fused-ring (bicyclic) bond motifs is 8. The predicted octanol–water partition coefficient (Wildman–Crippen LogP) is 8.67. The van der Waals surface area contributed by atoms with E-state index in [2.05, 4.69) is 82.5 Å². The maximum atomic E-state index is 9.46. The Morgan fingerprint density at radius 2 is 1.74 bits per heavy atom. The smallest absolute Gasteiger partial charge is 0.294 e. The maximum Gasteiger partial charge on any atom is 0.294 e. The van der Waals surface area contributed by atoms with E-state index in [0.717, 1.165) is 79.1 Å². The molecule has 0 atom stereocenters. The van der Waals surface area contributed by atoms with Crippen molar-refractivity contribution in [1.29, 1.82) is 0 Å².